The molecular formula is C15H18INO5. The smallest absolute Gasteiger partial charge is 0.203 e. The van der Waals surface area contributed by atoms with E-state index in [0.717, 1.165) is 11.2 Å². The Bertz CT molecular complexity index is 741. The Morgan fingerprint density at radius 1 is 1.09 bits per heavy atom. The maximum absolute atomic E-state index is 12.5. The predicted molar refractivity (Wildman–Crippen MR) is 91.7 cm³/mol. The summed E-state index contributed by atoms with van der Waals surface area (Å²) in [6.45, 7) is 2.07. The highest BCUT2D eigenvalue weighted by molar-refractivity contribution is 14.1. The molecule has 0 fully saturated rings. The summed E-state index contributed by atoms with van der Waals surface area (Å²) < 4.78 is 23.5. The molecule has 0 unspecified atom stereocenters. The summed E-state index contributed by atoms with van der Waals surface area (Å²) in [5.74, 6) is 0.949. The van der Waals surface area contributed by atoms with Crippen molar-refractivity contribution >= 4 is 33.5 Å². The van der Waals surface area contributed by atoms with Crippen molar-refractivity contribution in [1.29, 1.82) is 0 Å². The molecule has 0 N–H and O–H groups in total. The Balaban J connectivity index is 2.68. The van der Waals surface area contributed by atoms with Gasteiger partial charge in [0.25, 0.3) is 0 Å². The molecule has 0 bridgehead atoms. The van der Waals surface area contributed by atoms with Gasteiger partial charge in [-0.3, -0.25) is 4.79 Å². The molecule has 1 aromatic carbocycles. The van der Waals surface area contributed by atoms with Crippen molar-refractivity contribution in [2.45, 2.75) is 6.92 Å². The second-order valence-electron chi connectivity index (χ2n) is 4.71. The molecule has 0 aliphatic rings. The largest absolute Gasteiger partial charge is 0.464 e. The third kappa shape index (κ3) is 3.21. The number of pyridine rings is 1. The molecule has 0 saturated heterocycles. The average Bonchev–Trinajstić information content (AvgIpc) is 2.54. The van der Waals surface area contributed by atoms with Gasteiger partial charge in [-0.1, -0.05) is 0 Å². The molecule has 0 atom stereocenters. The van der Waals surface area contributed by atoms with Crippen LogP contribution in [0.2, 0.25) is 0 Å². The second-order valence-corrected chi connectivity index (χ2v) is 5.78. The molecule has 0 radical (unpaired) electrons. The van der Waals surface area contributed by atoms with Crippen molar-refractivity contribution in [3.05, 3.63) is 31.6 Å². The van der Waals surface area contributed by atoms with Gasteiger partial charge in [0.15, 0.2) is 25.1 Å². The van der Waals surface area contributed by atoms with Crippen molar-refractivity contribution in [3.8, 4) is 11.5 Å². The summed E-state index contributed by atoms with van der Waals surface area (Å²) >= 11 is 2.06. The van der Waals surface area contributed by atoms with Crippen LogP contribution >= 0.6 is 22.6 Å². The van der Waals surface area contributed by atoms with E-state index in [1.807, 2.05) is 18.5 Å². The molecule has 1 aromatic heterocycles. The number of hydrogen-bond acceptors (Lipinski definition) is 5. The van der Waals surface area contributed by atoms with Gasteiger partial charge in [0.05, 0.1) is 14.5 Å². The number of hydrogen-bond donors (Lipinski definition) is 0. The van der Waals surface area contributed by atoms with Crippen LogP contribution in [-0.4, -0.2) is 32.4 Å². The van der Waals surface area contributed by atoms with Crippen molar-refractivity contribution in [1.82, 2.24) is 4.57 Å². The topological polar surface area (TPSA) is 58.9 Å². The summed E-state index contributed by atoms with van der Waals surface area (Å²) in [6.07, 6.45) is 0. The molecule has 1 heterocycles. The van der Waals surface area contributed by atoms with Gasteiger partial charge in [-0.2, -0.15) is 0 Å². The number of aryl methyl sites for hydroxylation is 1. The van der Waals surface area contributed by atoms with E-state index in [0.29, 0.717) is 20.5 Å². The maximum Gasteiger partial charge on any atom is 0.203 e. The minimum atomic E-state index is -0.0215. The lowest BCUT2D eigenvalue weighted by atomic mass is 10.1. The van der Waals surface area contributed by atoms with Crippen LogP contribution in [0.25, 0.3) is 10.9 Å². The number of aromatic nitrogens is 1. The van der Waals surface area contributed by atoms with Crippen molar-refractivity contribution in [2.24, 2.45) is 7.05 Å². The minimum Gasteiger partial charge on any atom is -0.464 e. The van der Waals surface area contributed by atoms with E-state index < -0.39 is 0 Å². The van der Waals surface area contributed by atoms with E-state index in [1.165, 1.54) is 7.11 Å². The molecule has 0 aliphatic carbocycles. The van der Waals surface area contributed by atoms with Gasteiger partial charge in [0, 0.05) is 33.0 Å². The molecule has 2 aromatic rings. The van der Waals surface area contributed by atoms with Crippen LogP contribution in [0.15, 0.2) is 16.9 Å². The van der Waals surface area contributed by atoms with Gasteiger partial charge < -0.3 is 23.5 Å². The van der Waals surface area contributed by atoms with Crippen LogP contribution in [-0.2, 0) is 16.5 Å². The number of fused-ring (bicyclic) bond motifs is 1. The van der Waals surface area contributed by atoms with Gasteiger partial charge in [0.2, 0.25) is 5.43 Å². The number of benzene rings is 1. The summed E-state index contributed by atoms with van der Waals surface area (Å²) in [4.78, 5) is 12.5. The highest BCUT2D eigenvalue weighted by Crippen LogP contribution is 2.32. The lowest BCUT2D eigenvalue weighted by molar-refractivity contribution is 0.0324. The molecule has 6 nitrogen and oxygen atoms in total. The first-order chi connectivity index (χ1) is 10.5. The third-order valence-corrected chi connectivity index (χ3v) is 4.62. The second kappa shape index (κ2) is 7.30. The van der Waals surface area contributed by atoms with Crippen LogP contribution in [0.4, 0.5) is 0 Å². The van der Waals surface area contributed by atoms with E-state index >= 15 is 0 Å². The number of methoxy groups -OCH3 is 2. The Morgan fingerprint density at radius 2 is 1.64 bits per heavy atom. The van der Waals surface area contributed by atoms with Crippen molar-refractivity contribution < 1.29 is 18.9 Å². The van der Waals surface area contributed by atoms with Gasteiger partial charge >= 0.3 is 0 Å². The number of ether oxygens (including phenoxy) is 4. The maximum atomic E-state index is 12.5. The van der Waals surface area contributed by atoms with E-state index in [4.69, 9.17) is 18.9 Å². The molecule has 0 amide bonds. The molecular weight excluding hydrogens is 401 g/mol. The standard InChI is InChI=1S/C15H18INO5/c1-9-14(16)15(18)10-5-12(21-7-19-3)13(22-8-20-4)6-11(10)17(9)2/h5-6H,7-8H2,1-4H3. The Kier molecular flexibility index (Phi) is 5.65. The molecule has 2 rings (SSSR count). The number of rotatable bonds is 6. The highest BCUT2D eigenvalue weighted by Gasteiger charge is 2.15. The first-order valence-corrected chi connectivity index (χ1v) is 7.65. The minimum absolute atomic E-state index is 0.0215. The number of halogens is 1. The van der Waals surface area contributed by atoms with Gasteiger partial charge in [0.1, 0.15) is 0 Å². The van der Waals surface area contributed by atoms with E-state index in [2.05, 4.69) is 22.6 Å². The SMILES string of the molecule is COCOc1cc2c(=O)c(I)c(C)n(C)c2cc1OCOC. The summed E-state index contributed by atoms with van der Waals surface area (Å²) in [6, 6.07) is 3.47. The third-order valence-electron chi connectivity index (χ3n) is 3.35. The lowest BCUT2D eigenvalue weighted by Gasteiger charge is -2.16. The fraction of sp³-hybridized carbons (Fsp3) is 0.400. The first-order valence-electron chi connectivity index (χ1n) is 6.57. The molecule has 0 saturated carbocycles. The quantitative estimate of drug-likeness (QED) is 0.532. The molecule has 22 heavy (non-hydrogen) atoms. The zero-order chi connectivity index (χ0) is 16.3. The summed E-state index contributed by atoms with van der Waals surface area (Å²) in [5, 5.41) is 0.577. The Morgan fingerprint density at radius 3 is 2.18 bits per heavy atom. The van der Waals surface area contributed by atoms with Crippen LogP contribution < -0.4 is 14.9 Å². The fourth-order valence-corrected chi connectivity index (χ4v) is 2.74. The first kappa shape index (κ1) is 17.0. The van der Waals surface area contributed by atoms with E-state index in [1.54, 1.807) is 19.2 Å². The highest BCUT2D eigenvalue weighted by atomic mass is 127. The lowest BCUT2D eigenvalue weighted by Crippen LogP contribution is -2.15. The van der Waals surface area contributed by atoms with Crippen LogP contribution in [0, 0.1) is 10.5 Å². The normalized spacial score (nSPS) is 11.0. The number of nitrogens with zero attached hydrogens (tertiary/aromatic N) is 1. The molecule has 120 valence electrons. The van der Waals surface area contributed by atoms with Gasteiger partial charge in [-0.05, 0) is 35.6 Å². The molecule has 0 aliphatic heterocycles. The summed E-state index contributed by atoms with van der Waals surface area (Å²) in [5.41, 5.74) is 1.66. The van der Waals surface area contributed by atoms with Crippen LogP contribution in [0.3, 0.4) is 0 Å². The van der Waals surface area contributed by atoms with E-state index in [9.17, 15) is 4.79 Å². The average molecular weight is 419 g/mol. The van der Waals surface area contributed by atoms with Gasteiger partial charge in [-0.15, -0.1) is 0 Å². The van der Waals surface area contributed by atoms with Crippen LogP contribution in [0.1, 0.15) is 5.69 Å². The van der Waals surface area contributed by atoms with E-state index in [-0.39, 0.29) is 19.0 Å². The zero-order valence-corrected chi connectivity index (χ0v) is 15.1. The van der Waals surface area contributed by atoms with Crippen molar-refractivity contribution in [3.63, 3.8) is 0 Å². The predicted octanol–water partition coefficient (Wildman–Crippen LogP) is 2.42. The van der Waals surface area contributed by atoms with Crippen molar-refractivity contribution in [2.75, 3.05) is 27.8 Å². The monoisotopic (exact) mass is 419 g/mol. The molecule has 7 heteroatoms. The molecule has 0 spiro atoms. The Labute approximate surface area is 142 Å². The van der Waals surface area contributed by atoms with Gasteiger partial charge in [-0.25, -0.2) is 0 Å². The summed E-state index contributed by atoms with van der Waals surface area (Å²) in [7, 11) is 4.98. The van der Waals surface area contributed by atoms with Crippen LogP contribution in [0.5, 0.6) is 11.5 Å². The fourth-order valence-electron chi connectivity index (χ4n) is 2.09. The zero-order valence-electron chi connectivity index (χ0n) is 12.9. The Hall–Kier alpha value is -1.32.